The maximum absolute atomic E-state index is 14.2. The Morgan fingerprint density at radius 1 is 0.773 bits per heavy atom. The Balaban J connectivity index is 1.59. The summed E-state index contributed by atoms with van der Waals surface area (Å²) in [6.45, 7) is 8.94. The molecule has 1 aliphatic heterocycles. The van der Waals surface area contributed by atoms with E-state index in [0.29, 0.717) is 53.4 Å². The van der Waals surface area contributed by atoms with Gasteiger partial charge in [0.15, 0.2) is 11.6 Å². The molecule has 2 aliphatic carbocycles. The minimum absolute atomic E-state index is 0.0253. The van der Waals surface area contributed by atoms with E-state index in [9.17, 15) is 18.0 Å². The van der Waals surface area contributed by atoms with Crippen molar-refractivity contribution in [3.05, 3.63) is 117 Å². The summed E-state index contributed by atoms with van der Waals surface area (Å²) in [6, 6.07) is 23.2. The molecule has 44 heavy (non-hydrogen) atoms. The largest absolute Gasteiger partial charge is 0.379 e. The minimum Gasteiger partial charge on any atom is -0.379 e. The molecule has 1 heterocycles. The van der Waals surface area contributed by atoms with E-state index >= 15 is 0 Å². The lowest BCUT2D eigenvalue weighted by Gasteiger charge is -2.49. The minimum atomic E-state index is -4.19. The highest BCUT2D eigenvalue weighted by atomic mass is 79.9. The average molecular weight is 675 g/mol. The van der Waals surface area contributed by atoms with Crippen LogP contribution in [0.2, 0.25) is 0 Å². The van der Waals surface area contributed by atoms with Gasteiger partial charge in [0.05, 0.1) is 0 Å². The molecule has 0 atom stereocenters. The Labute approximate surface area is 268 Å². The molecular formula is C36H36BrNO5S. The van der Waals surface area contributed by atoms with Crippen LogP contribution in [-0.4, -0.2) is 24.9 Å². The fourth-order valence-electron chi connectivity index (χ4n) is 6.89. The Kier molecular flexibility index (Phi) is 7.73. The Bertz CT molecular complexity index is 1770. The average Bonchev–Trinajstić information content (AvgIpc) is 2.94. The quantitative estimate of drug-likeness (QED) is 0.246. The number of carbonyl (C=O) groups is 2. The van der Waals surface area contributed by atoms with Crippen molar-refractivity contribution < 1.29 is 22.2 Å². The smallest absolute Gasteiger partial charge is 0.339 e. The van der Waals surface area contributed by atoms with Crippen LogP contribution < -0.4 is 4.18 Å². The summed E-state index contributed by atoms with van der Waals surface area (Å²) < 4.78 is 33.4. The van der Waals surface area contributed by atoms with Crippen LogP contribution in [0.15, 0.2) is 111 Å². The van der Waals surface area contributed by atoms with Crippen molar-refractivity contribution in [3.8, 4) is 5.75 Å². The van der Waals surface area contributed by atoms with Crippen LogP contribution in [-0.2, 0) is 26.3 Å². The molecule has 3 aromatic carbocycles. The van der Waals surface area contributed by atoms with Gasteiger partial charge in [-0.2, -0.15) is 8.42 Å². The van der Waals surface area contributed by atoms with Gasteiger partial charge in [-0.05, 0) is 59.6 Å². The number of rotatable bonds is 6. The summed E-state index contributed by atoms with van der Waals surface area (Å²) in [5.41, 5.74) is 3.93. The number of allylic oxidation sites excluding steroid dienone is 4. The van der Waals surface area contributed by atoms with Crippen LogP contribution in [0.3, 0.4) is 0 Å². The third kappa shape index (κ3) is 5.82. The fourth-order valence-corrected chi connectivity index (χ4v) is 8.24. The SMILES string of the molecule is CC1(C)CC(=O)C2=C(C1)N(Cc1ccccc1)C1=C(C(=O)CC(C)(C)C1)C2c1cc(Br)ccc1OS(=O)(=O)c1ccccc1. The van der Waals surface area contributed by atoms with Crippen molar-refractivity contribution in [1.29, 1.82) is 0 Å². The molecule has 0 N–H and O–H groups in total. The van der Waals surface area contributed by atoms with Gasteiger partial charge in [0.25, 0.3) is 0 Å². The molecule has 0 aromatic heterocycles. The van der Waals surface area contributed by atoms with Crippen molar-refractivity contribution in [2.24, 2.45) is 10.8 Å². The molecule has 6 rings (SSSR count). The molecule has 0 fully saturated rings. The first-order valence-corrected chi connectivity index (χ1v) is 17.1. The zero-order valence-electron chi connectivity index (χ0n) is 25.4. The van der Waals surface area contributed by atoms with Crippen LogP contribution in [0, 0.1) is 10.8 Å². The Morgan fingerprint density at radius 3 is 1.84 bits per heavy atom. The first kappa shape index (κ1) is 30.5. The third-order valence-corrected chi connectivity index (χ3v) is 10.5. The molecular weight excluding hydrogens is 638 g/mol. The van der Waals surface area contributed by atoms with Crippen LogP contribution >= 0.6 is 15.9 Å². The second kappa shape index (κ2) is 11.1. The summed E-state index contributed by atoms with van der Waals surface area (Å²) in [5, 5.41) is 0. The first-order chi connectivity index (χ1) is 20.7. The van der Waals surface area contributed by atoms with Gasteiger partial charge in [0.2, 0.25) is 0 Å². The van der Waals surface area contributed by atoms with Crippen LogP contribution in [0.25, 0.3) is 0 Å². The highest BCUT2D eigenvalue weighted by Crippen LogP contribution is 2.56. The van der Waals surface area contributed by atoms with Crippen LogP contribution in [0.4, 0.5) is 0 Å². The van der Waals surface area contributed by atoms with Crippen molar-refractivity contribution in [2.45, 2.75) is 70.7 Å². The van der Waals surface area contributed by atoms with E-state index in [-0.39, 0.29) is 33.0 Å². The normalized spacial score (nSPS) is 20.0. The molecule has 0 unspecified atom stereocenters. The van der Waals surface area contributed by atoms with Crippen molar-refractivity contribution >= 4 is 37.6 Å². The number of Topliss-reactive ketones (excluding diaryl/α,β-unsaturated/α-hetero) is 2. The molecule has 0 radical (unpaired) electrons. The lowest BCUT2D eigenvalue weighted by atomic mass is 9.63. The van der Waals surface area contributed by atoms with Gasteiger partial charge in [-0.25, -0.2) is 0 Å². The predicted octanol–water partition coefficient (Wildman–Crippen LogP) is 8.10. The number of ketones is 2. The van der Waals surface area contributed by atoms with E-state index in [2.05, 4.69) is 60.7 Å². The Morgan fingerprint density at radius 2 is 1.30 bits per heavy atom. The van der Waals surface area contributed by atoms with E-state index < -0.39 is 16.0 Å². The van der Waals surface area contributed by atoms with Crippen molar-refractivity contribution in [3.63, 3.8) is 0 Å². The number of halogens is 1. The highest BCUT2D eigenvalue weighted by molar-refractivity contribution is 9.10. The fraction of sp³-hybridized carbons (Fsp3) is 0.333. The number of hydrogen-bond donors (Lipinski definition) is 0. The topological polar surface area (TPSA) is 80.8 Å². The standard InChI is InChI=1S/C36H36BrNO5S/c1-35(2)18-27-33(29(39)20-35)32(26-17-24(37)15-16-31(26)43-44(41,42)25-13-9-6-10-14-25)34-28(19-36(3,4)21-30(34)40)38(27)22-23-11-7-5-8-12-23/h5-17,32H,18-22H2,1-4H3. The van der Waals surface area contributed by atoms with E-state index in [1.807, 2.05) is 18.2 Å². The first-order valence-electron chi connectivity index (χ1n) is 14.9. The number of carbonyl (C=O) groups excluding carboxylic acids is 2. The van der Waals surface area contributed by atoms with Gasteiger partial charge < -0.3 is 9.08 Å². The van der Waals surface area contributed by atoms with Gasteiger partial charge in [-0.15, -0.1) is 0 Å². The van der Waals surface area contributed by atoms with Gasteiger partial charge in [0, 0.05) is 57.9 Å². The highest BCUT2D eigenvalue weighted by Gasteiger charge is 2.49. The summed E-state index contributed by atoms with van der Waals surface area (Å²) in [5.74, 6) is -0.703. The van der Waals surface area contributed by atoms with E-state index in [0.717, 1.165) is 17.0 Å². The molecule has 0 spiro atoms. The van der Waals surface area contributed by atoms with E-state index in [1.54, 1.807) is 36.4 Å². The van der Waals surface area contributed by atoms with E-state index in [1.165, 1.54) is 12.1 Å². The molecule has 228 valence electrons. The molecule has 0 saturated heterocycles. The summed E-state index contributed by atoms with van der Waals surface area (Å²) in [7, 11) is -4.19. The maximum atomic E-state index is 14.2. The van der Waals surface area contributed by atoms with Crippen LogP contribution in [0.5, 0.6) is 5.75 Å². The van der Waals surface area contributed by atoms with Gasteiger partial charge in [-0.3, -0.25) is 9.59 Å². The molecule has 0 amide bonds. The number of hydrogen-bond acceptors (Lipinski definition) is 6. The maximum Gasteiger partial charge on any atom is 0.339 e. The van der Waals surface area contributed by atoms with Crippen molar-refractivity contribution in [2.75, 3.05) is 0 Å². The second-order valence-electron chi connectivity index (χ2n) is 13.6. The summed E-state index contributed by atoms with van der Waals surface area (Å²) in [4.78, 5) is 30.7. The van der Waals surface area contributed by atoms with Gasteiger partial charge >= 0.3 is 10.1 Å². The lowest BCUT2D eigenvalue weighted by molar-refractivity contribution is -0.119. The summed E-state index contributed by atoms with van der Waals surface area (Å²) >= 11 is 3.57. The molecule has 0 bridgehead atoms. The van der Waals surface area contributed by atoms with Crippen molar-refractivity contribution in [1.82, 2.24) is 4.90 Å². The molecule has 6 nitrogen and oxygen atoms in total. The molecule has 0 saturated carbocycles. The second-order valence-corrected chi connectivity index (χ2v) is 16.1. The van der Waals surface area contributed by atoms with Gasteiger partial charge in [-0.1, -0.05) is 92.2 Å². The molecule has 8 heteroatoms. The third-order valence-electron chi connectivity index (χ3n) is 8.72. The predicted molar refractivity (Wildman–Crippen MR) is 173 cm³/mol. The van der Waals surface area contributed by atoms with E-state index in [4.69, 9.17) is 4.18 Å². The number of nitrogens with zero attached hydrogens (tertiary/aromatic N) is 1. The Hall–Kier alpha value is -3.49. The molecule has 3 aromatic rings. The monoisotopic (exact) mass is 673 g/mol. The molecule has 3 aliphatic rings. The van der Waals surface area contributed by atoms with Crippen LogP contribution in [0.1, 0.15) is 70.4 Å². The number of benzene rings is 3. The van der Waals surface area contributed by atoms with Gasteiger partial charge in [0.1, 0.15) is 10.6 Å². The summed E-state index contributed by atoms with van der Waals surface area (Å²) in [6.07, 6.45) is 1.96. The zero-order chi connectivity index (χ0) is 31.4. The lowest BCUT2D eigenvalue weighted by Crippen LogP contribution is -2.44. The zero-order valence-corrected chi connectivity index (χ0v) is 27.8.